The zero-order chi connectivity index (χ0) is 10.1. The minimum Gasteiger partial charge on any atom is -0.358 e. The van der Waals surface area contributed by atoms with E-state index in [1.54, 1.807) is 13.8 Å². The van der Waals surface area contributed by atoms with Crippen molar-refractivity contribution in [1.82, 2.24) is 0 Å². The molecule has 0 saturated heterocycles. The Morgan fingerprint density at radius 2 is 0.577 bits per heavy atom. The van der Waals surface area contributed by atoms with Gasteiger partial charge in [0.15, 0.2) is 0 Å². The van der Waals surface area contributed by atoms with Crippen molar-refractivity contribution >= 4 is 0 Å². The standard InChI is InChI=1S/C4H10.C3H7.2C2H5.4CH4.CH3.6Ar.2Pt.W.Y/c1-3-4-2;1-3-2;2*1-2;;;;;;;;;;;;;;;/h3-4H2,1-2H3;1,3H2,2H3;2*1H2,2H3;4*1H4;1H3;;;;;;;;;;/q;3*-1;;;;;-1;;;;;;;;;;. The summed E-state index contributed by atoms with van der Waals surface area (Å²) >= 11 is 0. The predicted octanol–water partition coefficient (Wildman–Crippen LogP) is 7.70. The summed E-state index contributed by atoms with van der Waals surface area (Å²) in [6.45, 7) is 19.9. The Kier molecular flexibility index (Phi) is 1310. The fourth-order valence-corrected chi connectivity index (χ4v) is 0. The van der Waals surface area contributed by atoms with Gasteiger partial charge in [0.2, 0.25) is 0 Å². The van der Waals surface area contributed by atoms with Gasteiger partial charge >= 0.3 is 0 Å². The largest absolute Gasteiger partial charge is 0.358 e. The maximum Gasteiger partial charge on any atom is 0 e. The van der Waals surface area contributed by atoms with Gasteiger partial charge < -0.3 is 28.2 Å². The molecule has 0 bridgehead atoms. The van der Waals surface area contributed by atoms with Gasteiger partial charge in [0, 0.05) is 322 Å². The molecule has 0 spiro atoms. The van der Waals surface area contributed by atoms with Crippen molar-refractivity contribution in [2.75, 3.05) is 0 Å². The monoisotopic (exact) mass is 1140 g/mol. The molecular formula is C16H46Ar6Pt2WY-4. The quantitative estimate of drug-likeness (QED) is 0.237. The summed E-state index contributed by atoms with van der Waals surface area (Å²) in [5, 5.41) is 0. The van der Waals surface area contributed by atoms with Crippen molar-refractivity contribution in [2.24, 2.45) is 0 Å². The Morgan fingerprint density at radius 3 is 0.577 bits per heavy atom. The number of hydrogen-bond donors (Lipinski definition) is 0. The van der Waals surface area contributed by atoms with Gasteiger partial charge in [-0.3, -0.25) is 0 Å². The smallest absolute Gasteiger partial charge is 0 e. The van der Waals surface area contributed by atoms with Gasteiger partial charge in [0.25, 0.3) is 0 Å². The first kappa shape index (κ1) is 149. The van der Waals surface area contributed by atoms with Crippen LogP contribution in [0.1, 0.15) is 83.6 Å². The van der Waals surface area contributed by atoms with E-state index in [2.05, 4.69) is 34.6 Å². The van der Waals surface area contributed by atoms with Gasteiger partial charge in [-0.15, -0.1) is 0 Å². The molecule has 10 heteroatoms. The third-order valence-corrected chi connectivity index (χ3v) is 0.500. The predicted molar refractivity (Wildman–Crippen MR) is 91.6 cm³/mol. The van der Waals surface area contributed by atoms with Crippen LogP contribution in [0.25, 0.3) is 0 Å². The Labute approximate surface area is 422 Å². The second-order valence-electron chi connectivity index (χ2n) is 1.50. The summed E-state index contributed by atoms with van der Waals surface area (Å²) in [6, 6.07) is 0. The molecule has 0 N–H and O–H groups in total. The van der Waals surface area contributed by atoms with Gasteiger partial charge in [-0.2, -0.15) is 20.3 Å². The average molecular weight is 1140 g/mol. The van der Waals surface area contributed by atoms with Crippen LogP contribution < -0.4 is 0 Å². The topological polar surface area (TPSA) is 0 Å². The van der Waals surface area contributed by atoms with Crippen LogP contribution in [-0.4, -0.2) is 0 Å². The van der Waals surface area contributed by atoms with Crippen molar-refractivity contribution < 1.29 is 322 Å². The van der Waals surface area contributed by atoms with Crippen LogP contribution in [-0.2, 0) is 95.9 Å². The van der Waals surface area contributed by atoms with Crippen LogP contribution in [0.5, 0.6) is 0 Å². The van der Waals surface area contributed by atoms with Gasteiger partial charge in [0.1, 0.15) is 0 Å². The normalized spacial score (nSPS) is 2.31. The molecule has 0 rings (SSSR count). The van der Waals surface area contributed by atoms with Crippen LogP contribution in [0.15, 0.2) is 0 Å². The van der Waals surface area contributed by atoms with Crippen molar-refractivity contribution in [2.45, 2.75) is 83.6 Å². The molecule has 1 radical (unpaired) electrons. The van der Waals surface area contributed by atoms with Crippen LogP contribution in [0, 0.1) is 255 Å². The van der Waals surface area contributed by atoms with E-state index < -0.39 is 0 Å². The molecule has 0 aromatic heterocycles. The molecule has 0 aliphatic heterocycles. The summed E-state index contributed by atoms with van der Waals surface area (Å²) in [5.41, 5.74) is 0. The summed E-state index contributed by atoms with van der Waals surface area (Å²) in [4.78, 5) is 0. The third kappa shape index (κ3) is 287. The summed E-state index contributed by atoms with van der Waals surface area (Å²) in [5.74, 6) is 0. The fourth-order valence-electron chi connectivity index (χ4n) is 0. The van der Waals surface area contributed by atoms with Gasteiger partial charge in [-0.1, -0.05) is 63.3 Å². The molecule has 0 aromatic carbocycles. The van der Waals surface area contributed by atoms with E-state index in [0.717, 1.165) is 6.42 Å². The molecule has 0 unspecified atom stereocenters. The first-order chi connectivity index (χ1) is 5.33. The number of rotatable bonds is 1. The van der Waals surface area contributed by atoms with Crippen molar-refractivity contribution in [3.8, 4) is 0 Å². The zero-order valence-corrected chi connectivity index (χ0v) is 28.5. The van der Waals surface area contributed by atoms with Crippen LogP contribution in [0.2, 0.25) is 0 Å². The van der Waals surface area contributed by atoms with Crippen molar-refractivity contribution in [1.29, 1.82) is 0 Å². The summed E-state index contributed by atoms with van der Waals surface area (Å²) in [6.07, 6.45) is 3.64. The molecule has 0 amide bonds. The molecule has 0 aliphatic rings. The Balaban J connectivity index is -0.00000000126. The maximum atomic E-state index is 3.49. The van der Waals surface area contributed by atoms with Crippen molar-refractivity contribution in [3.05, 3.63) is 28.2 Å². The minimum absolute atomic E-state index is 0. The molecule has 0 aromatic rings. The molecule has 26 heavy (non-hydrogen) atoms. The minimum atomic E-state index is 0. The SMILES string of the molecule is C.C.C.C.CCCC.[Ar].[Ar].[Ar].[Ar].[Ar].[Ar].[CH2-]C.[CH2-]C.[CH2-]CC.[CH3-].[Pt].[Pt].[W].[Y]. The molecule has 0 fully saturated rings. The Bertz CT molecular complexity index is 48.2. The number of hydrogen-bond acceptors (Lipinski definition) is 0. The Hall–Kier alpha value is 10.7. The fraction of sp³-hybridized carbons (Fsp3) is 0.750. The van der Waals surface area contributed by atoms with E-state index >= 15 is 0 Å². The first-order valence-corrected chi connectivity index (χ1v) is 4.54. The molecule has 0 heterocycles. The molecule has 0 aliphatic carbocycles. The third-order valence-electron chi connectivity index (χ3n) is 0.500. The molecule has 191 valence electrons. The second kappa shape index (κ2) is 229. The van der Waals surface area contributed by atoms with E-state index in [1.165, 1.54) is 12.8 Å². The average Bonchev–Trinajstić information content (AvgIpc) is 2.12. The first-order valence-electron chi connectivity index (χ1n) is 4.54. The summed E-state index contributed by atoms with van der Waals surface area (Å²) in [7, 11) is 0. The molecule has 0 atom stereocenters. The van der Waals surface area contributed by atoms with Gasteiger partial charge in [0.05, 0.1) is 0 Å². The molecule has 0 saturated carbocycles. The van der Waals surface area contributed by atoms with Crippen LogP contribution in [0.3, 0.4) is 0 Å². The van der Waals surface area contributed by atoms with Gasteiger partial charge in [-0.25, -0.2) is 0 Å². The maximum absolute atomic E-state index is 3.49. The van der Waals surface area contributed by atoms with E-state index in [1.807, 2.05) is 6.92 Å². The van der Waals surface area contributed by atoms with E-state index in [-0.39, 0.29) is 359 Å². The van der Waals surface area contributed by atoms with Crippen LogP contribution >= 0.6 is 0 Å². The van der Waals surface area contributed by atoms with E-state index in [9.17, 15) is 0 Å². The Morgan fingerprint density at radius 1 is 0.538 bits per heavy atom. The second-order valence-corrected chi connectivity index (χ2v) is 1.50. The molecule has 0 nitrogen and oxygen atoms in total. The van der Waals surface area contributed by atoms with Crippen LogP contribution in [0.4, 0.5) is 0 Å². The van der Waals surface area contributed by atoms with Gasteiger partial charge in [-0.05, 0) is 0 Å². The summed E-state index contributed by atoms with van der Waals surface area (Å²) < 4.78 is 0. The number of unbranched alkanes of at least 4 members (excludes halogenated alkanes) is 1. The molecular weight excluding hydrogens is 1090 g/mol. The van der Waals surface area contributed by atoms with E-state index in [4.69, 9.17) is 0 Å². The van der Waals surface area contributed by atoms with E-state index in [0.29, 0.717) is 0 Å². The van der Waals surface area contributed by atoms with Crippen molar-refractivity contribution in [3.63, 3.8) is 0 Å². The zero-order valence-electron chi connectivity index (χ0n) is 14.0.